The third-order valence-electron chi connectivity index (χ3n) is 9.68. The van der Waals surface area contributed by atoms with Crippen LogP contribution in [0, 0.1) is 0 Å². The van der Waals surface area contributed by atoms with Crippen molar-refractivity contribution >= 4 is 71.7 Å². The summed E-state index contributed by atoms with van der Waals surface area (Å²) in [4.78, 5) is 2.35. The maximum absolute atomic E-state index is 6.55. The van der Waals surface area contributed by atoms with Crippen molar-refractivity contribution in [3.63, 3.8) is 0 Å². The Balaban J connectivity index is 1.19. The second kappa shape index (κ2) is 11.0. The van der Waals surface area contributed by atoms with Crippen LogP contribution in [0.15, 0.2) is 185 Å². The lowest BCUT2D eigenvalue weighted by atomic mass is 9.97. The molecular weight excluding hydrogens is 599 g/mol. The second-order valence-electron chi connectivity index (χ2n) is 12.5. The summed E-state index contributed by atoms with van der Waals surface area (Å²) in [7, 11) is 0. The SMILES string of the molecule is c1ccc(N(c2ccc(-c3cccc4ccccc34)cc2)c2ccc3oc4ccccc4c3c2)c(-c2cccc3c2oc2ccccc23)c1. The number of para-hydroxylation sites is 4. The van der Waals surface area contributed by atoms with Crippen molar-refractivity contribution in [2.45, 2.75) is 0 Å². The smallest absolute Gasteiger partial charge is 0.143 e. The Hall–Kier alpha value is -6.58. The topological polar surface area (TPSA) is 29.5 Å². The number of furan rings is 2. The van der Waals surface area contributed by atoms with E-state index >= 15 is 0 Å². The highest BCUT2D eigenvalue weighted by atomic mass is 16.3. The number of hydrogen-bond donors (Lipinski definition) is 0. The van der Waals surface area contributed by atoms with Crippen LogP contribution in [0.25, 0.3) is 76.9 Å². The molecule has 0 aliphatic carbocycles. The Labute approximate surface area is 282 Å². The maximum atomic E-state index is 6.55. The minimum absolute atomic E-state index is 0.872. The van der Waals surface area contributed by atoms with Gasteiger partial charge in [-0.25, -0.2) is 0 Å². The minimum atomic E-state index is 0.872. The molecule has 230 valence electrons. The van der Waals surface area contributed by atoms with Gasteiger partial charge in [0.15, 0.2) is 0 Å². The molecule has 0 amide bonds. The molecule has 2 aromatic heterocycles. The minimum Gasteiger partial charge on any atom is -0.456 e. The van der Waals surface area contributed by atoms with E-state index in [0.29, 0.717) is 0 Å². The maximum Gasteiger partial charge on any atom is 0.143 e. The Morgan fingerprint density at radius 2 is 0.918 bits per heavy atom. The van der Waals surface area contributed by atoms with E-state index in [0.717, 1.165) is 72.1 Å². The largest absolute Gasteiger partial charge is 0.456 e. The summed E-state index contributed by atoms with van der Waals surface area (Å²) in [5.41, 5.74) is 11.2. The molecule has 0 spiro atoms. The molecule has 0 fully saturated rings. The molecule has 0 saturated carbocycles. The summed E-state index contributed by atoms with van der Waals surface area (Å²) in [5, 5.41) is 6.90. The zero-order valence-corrected chi connectivity index (χ0v) is 26.5. The monoisotopic (exact) mass is 627 g/mol. The van der Waals surface area contributed by atoms with E-state index in [9.17, 15) is 0 Å². The van der Waals surface area contributed by atoms with Crippen LogP contribution in [0.4, 0.5) is 17.1 Å². The summed E-state index contributed by atoms with van der Waals surface area (Å²) < 4.78 is 12.8. The van der Waals surface area contributed by atoms with Gasteiger partial charge in [-0.2, -0.15) is 0 Å². The van der Waals surface area contributed by atoms with E-state index in [1.165, 1.54) is 21.9 Å². The lowest BCUT2D eigenvalue weighted by Gasteiger charge is -2.28. The molecule has 0 aliphatic heterocycles. The average molecular weight is 628 g/mol. The summed E-state index contributed by atoms with van der Waals surface area (Å²) in [6.07, 6.45) is 0. The molecule has 49 heavy (non-hydrogen) atoms. The van der Waals surface area contributed by atoms with Gasteiger partial charge in [0, 0.05) is 44.0 Å². The van der Waals surface area contributed by atoms with Crippen molar-refractivity contribution in [2.75, 3.05) is 4.90 Å². The number of fused-ring (bicyclic) bond motifs is 7. The molecule has 3 nitrogen and oxygen atoms in total. The third-order valence-corrected chi connectivity index (χ3v) is 9.68. The molecule has 3 heteroatoms. The molecule has 0 bridgehead atoms. The zero-order chi connectivity index (χ0) is 32.3. The van der Waals surface area contributed by atoms with Crippen LogP contribution in [0.1, 0.15) is 0 Å². The molecule has 2 heterocycles. The lowest BCUT2D eigenvalue weighted by molar-refractivity contribution is 0.669. The van der Waals surface area contributed by atoms with Gasteiger partial charge < -0.3 is 13.7 Å². The highest BCUT2D eigenvalue weighted by Gasteiger charge is 2.21. The van der Waals surface area contributed by atoms with E-state index in [1.54, 1.807) is 0 Å². The molecule has 10 aromatic rings. The van der Waals surface area contributed by atoms with Gasteiger partial charge in [0.1, 0.15) is 22.3 Å². The van der Waals surface area contributed by atoms with Crippen LogP contribution < -0.4 is 4.90 Å². The quantitative estimate of drug-likeness (QED) is 0.190. The van der Waals surface area contributed by atoms with Crippen LogP contribution >= 0.6 is 0 Å². The molecule has 0 unspecified atom stereocenters. The van der Waals surface area contributed by atoms with E-state index < -0.39 is 0 Å². The fourth-order valence-corrected chi connectivity index (χ4v) is 7.40. The Bertz CT molecular complexity index is 2830. The Kier molecular flexibility index (Phi) is 6.18. The first-order chi connectivity index (χ1) is 24.3. The summed E-state index contributed by atoms with van der Waals surface area (Å²) in [5.74, 6) is 0. The van der Waals surface area contributed by atoms with Crippen molar-refractivity contribution in [3.8, 4) is 22.3 Å². The van der Waals surface area contributed by atoms with Crippen molar-refractivity contribution in [1.29, 1.82) is 0 Å². The van der Waals surface area contributed by atoms with Gasteiger partial charge in [-0.05, 0) is 70.4 Å². The van der Waals surface area contributed by atoms with Crippen LogP contribution in [0.2, 0.25) is 0 Å². The third kappa shape index (κ3) is 4.44. The Morgan fingerprint density at radius 3 is 1.78 bits per heavy atom. The number of rotatable bonds is 5. The van der Waals surface area contributed by atoms with Gasteiger partial charge in [-0.1, -0.05) is 127 Å². The van der Waals surface area contributed by atoms with Crippen LogP contribution in [0.5, 0.6) is 0 Å². The molecule has 0 atom stereocenters. The van der Waals surface area contributed by atoms with Gasteiger partial charge >= 0.3 is 0 Å². The normalized spacial score (nSPS) is 11.7. The van der Waals surface area contributed by atoms with Gasteiger partial charge in [-0.15, -0.1) is 0 Å². The van der Waals surface area contributed by atoms with E-state index in [1.807, 2.05) is 24.3 Å². The molecule has 8 aromatic carbocycles. The Morgan fingerprint density at radius 1 is 0.347 bits per heavy atom. The standard InChI is InChI=1S/C46H29NO2/c1-2-13-34-30(11-1)12-9-17-35(34)31-23-25-32(26-24-31)47(33-27-28-45-41(29-33)38-16-5-7-21-43(38)48-45)42-20-6-3-14-36(42)39-18-10-19-40-37-15-4-8-22-44(37)49-46(39)40/h1-29H. The summed E-state index contributed by atoms with van der Waals surface area (Å²) in [6.45, 7) is 0. The number of anilines is 3. The van der Waals surface area contributed by atoms with Gasteiger partial charge in [0.05, 0.1) is 5.69 Å². The predicted octanol–water partition coefficient (Wildman–Crippen LogP) is 13.4. The van der Waals surface area contributed by atoms with Gasteiger partial charge in [-0.3, -0.25) is 0 Å². The highest BCUT2D eigenvalue weighted by molar-refractivity contribution is 6.11. The number of hydrogen-bond acceptors (Lipinski definition) is 3. The predicted molar refractivity (Wildman–Crippen MR) is 204 cm³/mol. The first kappa shape index (κ1) is 27.5. The molecule has 0 aliphatic rings. The lowest BCUT2D eigenvalue weighted by Crippen LogP contribution is -2.11. The first-order valence-corrected chi connectivity index (χ1v) is 16.6. The van der Waals surface area contributed by atoms with Gasteiger partial charge in [0.25, 0.3) is 0 Å². The van der Waals surface area contributed by atoms with Crippen molar-refractivity contribution < 1.29 is 8.83 Å². The van der Waals surface area contributed by atoms with Crippen molar-refractivity contribution in [3.05, 3.63) is 176 Å². The summed E-state index contributed by atoms with van der Waals surface area (Å²) in [6, 6.07) is 62.1. The fourth-order valence-electron chi connectivity index (χ4n) is 7.40. The van der Waals surface area contributed by atoms with E-state index in [4.69, 9.17) is 8.83 Å². The number of benzene rings is 8. The van der Waals surface area contributed by atoms with Crippen molar-refractivity contribution in [2.24, 2.45) is 0 Å². The van der Waals surface area contributed by atoms with E-state index in [2.05, 4.69) is 157 Å². The van der Waals surface area contributed by atoms with Crippen LogP contribution in [0.3, 0.4) is 0 Å². The van der Waals surface area contributed by atoms with Gasteiger partial charge in [0.2, 0.25) is 0 Å². The van der Waals surface area contributed by atoms with Crippen LogP contribution in [-0.4, -0.2) is 0 Å². The number of nitrogens with zero attached hydrogens (tertiary/aromatic N) is 1. The van der Waals surface area contributed by atoms with Crippen LogP contribution in [-0.2, 0) is 0 Å². The molecule has 0 saturated heterocycles. The average Bonchev–Trinajstić information content (AvgIpc) is 3.74. The first-order valence-electron chi connectivity index (χ1n) is 16.6. The fraction of sp³-hybridized carbons (Fsp3) is 0. The molecule has 10 rings (SSSR count). The highest BCUT2D eigenvalue weighted by Crippen LogP contribution is 2.45. The van der Waals surface area contributed by atoms with E-state index in [-0.39, 0.29) is 0 Å². The zero-order valence-electron chi connectivity index (χ0n) is 26.5. The second-order valence-corrected chi connectivity index (χ2v) is 12.5. The van der Waals surface area contributed by atoms with Crippen molar-refractivity contribution in [1.82, 2.24) is 0 Å². The molecule has 0 N–H and O–H groups in total. The molecule has 0 radical (unpaired) electrons. The molecular formula is C46H29NO2. The summed E-state index contributed by atoms with van der Waals surface area (Å²) >= 11 is 0.